The second-order valence-corrected chi connectivity index (χ2v) is 11.1. The monoisotopic (exact) mass is 554 g/mol. The van der Waals surface area contributed by atoms with Crippen LogP contribution in [0, 0.1) is 6.92 Å². The maximum absolute atomic E-state index is 12.2. The molecule has 208 valence electrons. The van der Waals surface area contributed by atoms with Crippen LogP contribution in [0.5, 0.6) is 0 Å². The highest BCUT2D eigenvalue weighted by atomic mass is 32.1. The number of aliphatic hydroxyl groups excluding tert-OH is 1. The predicted molar refractivity (Wildman–Crippen MR) is 151 cm³/mol. The molecule has 11 nitrogen and oxygen atoms in total. The van der Waals surface area contributed by atoms with Gasteiger partial charge >= 0.3 is 12.1 Å². The number of ether oxygens (including phenoxy) is 2. The highest BCUT2D eigenvalue weighted by Crippen LogP contribution is 2.30. The van der Waals surface area contributed by atoms with Gasteiger partial charge in [0.25, 0.3) is 0 Å². The number of amides is 1. The highest BCUT2D eigenvalue weighted by Gasteiger charge is 2.22. The molecule has 1 amide bonds. The molecule has 0 atom stereocenters. The molecular formula is C27H34N6O5S. The number of aryl methyl sites for hydroxylation is 1. The molecule has 1 fully saturated rings. The minimum absolute atomic E-state index is 0.282. The van der Waals surface area contributed by atoms with Crippen LogP contribution in [0.25, 0.3) is 11.3 Å². The molecule has 12 heteroatoms. The van der Waals surface area contributed by atoms with Gasteiger partial charge in [-0.05, 0) is 59.6 Å². The summed E-state index contributed by atoms with van der Waals surface area (Å²) in [6, 6.07) is 9.17. The molecule has 0 saturated carbocycles. The van der Waals surface area contributed by atoms with E-state index in [0.717, 1.165) is 5.56 Å². The number of benzene rings is 1. The van der Waals surface area contributed by atoms with Crippen LogP contribution in [0.4, 0.5) is 27.4 Å². The van der Waals surface area contributed by atoms with E-state index in [2.05, 4.69) is 20.5 Å². The van der Waals surface area contributed by atoms with Gasteiger partial charge in [0.1, 0.15) is 16.3 Å². The number of rotatable bonds is 7. The zero-order chi connectivity index (χ0) is 28.2. The molecule has 39 heavy (non-hydrogen) atoms. The van der Waals surface area contributed by atoms with E-state index >= 15 is 0 Å². The molecule has 1 saturated heterocycles. The summed E-state index contributed by atoms with van der Waals surface area (Å²) < 4.78 is 10.4. The van der Waals surface area contributed by atoms with Gasteiger partial charge in [0.15, 0.2) is 5.13 Å². The number of hydrogen-bond acceptors (Lipinski definition) is 11. The van der Waals surface area contributed by atoms with E-state index in [1.165, 1.54) is 11.3 Å². The smallest absolute Gasteiger partial charge is 0.412 e. The summed E-state index contributed by atoms with van der Waals surface area (Å²) in [5.74, 6) is 0.626. The van der Waals surface area contributed by atoms with Crippen molar-refractivity contribution >= 4 is 46.0 Å². The van der Waals surface area contributed by atoms with Crippen LogP contribution in [0.3, 0.4) is 0 Å². The average Bonchev–Trinajstić information content (AvgIpc) is 3.23. The molecule has 0 radical (unpaired) electrons. The first-order valence-corrected chi connectivity index (χ1v) is 13.7. The van der Waals surface area contributed by atoms with Gasteiger partial charge < -0.3 is 19.5 Å². The summed E-state index contributed by atoms with van der Waals surface area (Å²) in [6.45, 7) is 10.5. The van der Waals surface area contributed by atoms with Crippen molar-refractivity contribution in [2.45, 2.75) is 59.2 Å². The fraction of sp³-hybridized carbons (Fsp3) is 0.444. The van der Waals surface area contributed by atoms with Gasteiger partial charge in [-0.1, -0.05) is 23.5 Å². The van der Waals surface area contributed by atoms with E-state index in [1.807, 2.05) is 39.0 Å². The molecule has 3 aromatic rings. The fourth-order valence-electron chi connectivity index (χ4n) is 3.97. The molecule has 0 spiro atoms. The second kappa shape index (κ2) is 12.0. The maximum Gasteiger partial charge on any atom is 0.412 e. The molecule has 1 aliphatic rings. The number of aliphatic hydroxyl groups is 1. The van der Waals surface area contributed by atoms with E-state index in [1.54, 1.807) is 26.0 Å². The predicted octanol–water partition coefficient (Wildman–Crippen LogP) is 5.14. The van der Waals surface area contributed by atoms with Crippen LogP contribution in [-0.4, -0.2) is 63.5 Å². The SMILES string of the molecule is CCOC(=O)c1sc(Nc2nc(-c3ccc(NC(=O)OC(C)(C)C)cc3)cc(N3CCC(O)CC3)n2)nc1C. The Balaban J connectivity index is 1.61. The van der Waals surface area contributed by atoms with E-state index in [-0.39, 0.29) is 12.7 Å². The third kappa shape index (κ3) is 7.64. The molecule has 0 unspecified atom stereocenters. The summed E-state index contributed by atoms with van der Waals surface area (Å²) in [5, 5.41) is 16.3. The third-order valence-electron chi connectivity index (χ3n) is 5.80. The first kappa shape index (κ1) is 28.2. The number of nitrogens with one attached hydrogen (secondary N) is 2. The van der Waals surface area contributed by atoms with Crippen molar-refractivity contribution in [3.8, 4) is 11.3 Å². The fourth-order valence-corrected chi connectivity index (χ4v) is 4.83. The Bertz CT molecular complexity index is 1310. The average molecular weight is 555 g/mol. The van der Waals surface area contributed by atoms with Crippen molar-refractivity contribution in [3.63, 3.8) is 0 Å². The first-order valence-electron chi connectivity index (χ1n) is 12.8. The molecule has 0 aliphatic carbocycles. The van der Waals surface area contributed by atoms with Crippen LogP contribution >= 0.6 is 11.3 Å². The van der Waals surface area contributed by atoms with Crippen LogP contribution in [0.1, 0.15) is 55.9 Å². The number of carbonyl (C=O) groups is 2. The van der Waals surface area contributed by atoms with Crippen LogP contribution < -0.4 is 15.5 Å². The number of esters is 1. The van der Waals surface area contributed by atoms with Gasteiger partial charge in [0.05, 0.1) is 24.1 Å². The number of aromatic nitrogens is 3. The van der Waals surface area contributed by atoms with Crippen molar-refractivity contribution in [2.24, 2.45) is 0 Å². The van der Waals surface area contributed by atoms with Crippen molar-refractivity contribution < 1.29 is 24.2 Å². The normalized spacial score (nSPS) is 14.2. The zero-order valence-electron chi connectivity index (χ0n) is 22.8. The summed E-state index contributed by atoms with van der Waals surface area (Å²) in [5.41, 5.74) is 2.04. The Kier molecular flexibility index (Phi) is 8.66. The minimum atomic E-state index is -0.595. The van der Waals surface area contributed by atoms with Crippen LogP contribution in [0.2, 0.25) is 0 Å². The summed E-state index contributed by atoms with van der Waals surface area (Å²) in [7, 11) is 0. The number of thiazole rings is 1. The number of hydrogen-bond donors (Lipinski definition) is 3. The first-order chi connectivity index (χ1) is 18.5. The van der Waals surface area contributed by atoms with Gasteiger partial charge in [-0.15, -0.1) is 0 Å². The van der Waals surface area contributed by atoms with E-state index in [4.69, 9.17) is 19.4 Å². The lowest BCUT2D eigenvalue weighted by Gasteiger charge is -2.30. The summed E-state index contributed by atoms with van der Waals surface area (Å²) in [6.07, 6.45) is 0.465. The second-order valence-electron chi connectivity index (χ2n) is 10.1. The third-order valence-corrected chi connectivity index (χ3v) is 6.86. The Labute approximate surface area is 231 Å². The van der Waals surface area contributed by atoms with Crippen LogP contribution in [-0.2, 0) is 9.47 Å². The van der Waals surface area contributed by atoms with Crippen molar-refractivity contribution in [2.75, 3.05) is 35.2 Å². The van der Waals surface area contributed by atoms with Gasteiger partial charge in [-0.2, -0.15) is 4.98 Å². The Morgan fingerprint density at radius 1 is 1.13 bits per heavy atom. The van der Waals surface area contributed by atoms with Gasteiger partial charge in [0, 0.05) is 30.4 Å². The molecule has 0 bridgehead atoms. The molecule has 3 heterocycles. The summed E-state index contributed by atoms with van der Waals surface area (Å²) in [4.78, 5) is 40.8. The van der Waals surface area contributed by atoms with E-state index in [0.29, 0.717) is 64.8 Å². The summed E-state index contributed by atoms with van der Waals surface area (Å²) >= 11 is 1.18. The standard InChI is InChI=1S/C27H34N6O5S/c1-6-37-23(35)22-16(2)28-25(39-22)32-24-30-20(15-21(31-24)33-13-11-19(34)12-14-33)17-7-9-18(10-8-17)29-26(36)38-27(3,4)5/h7-10,15,19,34H,6,11-14H2,1-5H3,(H,29,36)(H,28,30,31,32). The lowest BCUT2D eigenvalue weighted by atomic mass is 10.1. The highest BCUT2D eigenvalue weighted by molar-refractivity contribution is 7.17. The number of carbonyl (C=O) groups excluding carboxylic acids is 2. The minimum Gasteiger partial charge on any atom is -0.462 e. The Hall–Kier alpha value is -3.77. The van der Waals surface area contributed by atoms with Crippen LogP contribution in [0.15, 0.2) is 30.3 Å². The molecule has 4 rings (SSSR count). The molecular weight excluding hydrogens is 520 g/mol. The Morgan fingerprint density at radius 3 is 2.46 bits per heavy atom. The number of anilines is 4. The zero-order valence-corrected chi connectivity index (χ0v) is 23.6. The van der Waals surface area contributed by atoms with E-state index in [9.17, 15) is 14.7 Å². The topological polar surface area (TPSA) is 139 Å². The lowest BCUT2D eigenvalue weighted by molar-refractivity contribution is 0.0530. The molecule has 1 aromatic carbocycles. The van der Waals surface area contributed by atoms with Crippen molar-refractivity contribution in [1.82, 2.24) is 15.0 Å². The Morgan fingerprint density at radius 2 is 1.82 bits per heavy atom. The van der Waals surface area contributed by atoms with Gasteiger partial charge in [-0.3, -0.25) is 10.6 Å². The molecule has 1 aliphatic heterocycles. The van der Waals surface area contributed by atoms with Gasteiger partial charge in [0.2, 0.25) is 5.95 Å². The molecule has 2 aromatic heterocycles. The number of nitrogens with zero attached hydrogens (tertiary/aromatic N) is 4. The number of piperidine rings is 1. The van der Waals surface area contributed by atoms with Crippen molar-refractivity contribution in [3.05, 3.63) is 40.9 Å². The lowest BCUT2D eigenvalue weighted by Crippen LogP contribution is -2.36. The quantitative estimate of drug-likeness (QED) is 0.337. The largest absolute Gasteiger partial charge is 0.462 e. The maximum atomic E-state index is 12.2. The van der Waals surface area contributed by atoms with Gasteiger partial charge in [-0.25, -0.2) is 19.6 Å². The van der Waals surface area contributed by atoms with E-state index < -0.39 is 17.7 Å². The molecule has 3 N–H and O–H groups in total. The van der Waals surface area contributed by atoms with Crippen molar-refractivity contribution in [1.29, 1.82) is 0 Å².